The summed E-state index contributed by atoms with van der Waals surface area (Å²) in [7, 11) is 0. The monoisotopic (exact) mass is 396 g/mol. The Hall–Kier alpha value is -0.0800. The summed E-state index contributed by atoms with van der Waals surface area (Å²) < 4.78 is 5.58. The van der Waals surface area contributed by atoms with Crippen molar-refractivity contribution in [2.24, 2.45) is 10.7 Å². The van der Waals surface area contributed by atoms with Crippen LogP contribution in [0.4, 0.5) is 0 Å². The number of rotatable bonds is 6. The Morgan fingerprint density at radius 3 is 2.95 bits per heavy atom. The zero-order valence-electron chi connectivity index (χ0n) is 12.5. The van der Waals surface area contributed by atoms with Crippen LogP contribution in [0.25, 0.3) is 0 Å². The normalized spacial score (nSPS) is 27.6. The highest BCUT2D eigenvalue weighted by Gasteiger charge is 2.22. The van der Waals surface area contributed by atoms with E-state index in [1.54, 1.807) is 0 Å². The molecule has 0 radical (unpaired) electrons. The maximum atomic E-state index is 5.90. The van der Waals surface area contributed by atoms with Crippen LogP contribution >= 0.6 is 24.0 Å². The molecule has 2 aliphatic rings. The maximum absolute atomic E-state index is 5.90. The van der Waals surface area contributed by atoms with Gasteiger partial charge in [0.25, 0.3) is 0 Å². The second-order valence-corrected chi connectivity index (χ2v) is 5.50. The average molecular weight is 396 g/mol. The first-order valence-electron chi connectivity index (χ1n) is 7.69. The fraction of sp³-hybridized carbons (Fsp3) is 0.929. The van der Waals surface area contributed by atoms with E-state index in [9.17, 15) is 0 Å². The maximum Gasteiger partial charge on any atom is 0.188 e. The van der Waals surface area contributed by atoms with Crippen LogP contribution in [-0.4, -0.2) is 55.8 Å². The van der Waals surface area contributed by atoms with E-state index in [2.05, 4.69) is 22.1 Å². The highest BCUT2D eigenvalue weighted by molar-refractivity contribution is 14.0. The van der Waals surface area contributed by atoms with Gasteiger partial charge in [-0.25, -0.2) is 0 Å². The minimum Gasteiger partial charge on any atom is -0.378 e. The topological polar surface area (TPSA) is 62.9 Å². The molecule has 2 fully saturated rings. The van der Waals surface area contributed by atoms with Gasteiger partial charge in [-0.05, 0) is 45.2 Å². The van der Waals surface area contributed by atoms with Crippen LogP contribution in [0, 0.1) is 0 Å². The van der Waals surface area contributed by atoms with E-state index in [-0.39, 0.29) is 24.0 Å². The van der Waals surface area contributed by atoms with E-state index in [0.29, 0.717) is 18.1 Å². The third-order valence-electron chi connectivity index (χ3n) is 4.17. The summed E-state index contributed by atoms with van der Waals surface area (Å²) in [5.74, 6) is 0.584. The van der Waals surface area contributed by atoms with E-state index in [1.165, 1.54) is 32.2 Å². The summed E-state index contributed by atoms with van der Waals surface area (Å²) >= 11 is 0. The summed E-state index contributed by atoms with van der Waals surface area (Å²) in [5.41, 5.74) is 5.90. The van der Waals surface area contributed by atoms with Gasteiger partial charge in [0.1, 0.15) is 0 Å². The van der Waals surface area contributed by atoms with Crippen LogP contribution in [0.5, 0.6) is 0 Å². The lowest BCUT2D eigenvalue weighted by atomic mass is 10.2. The van der Waals surface area contributed by atoms with E-state index in [0.717, 1.165) is 32.7 Å². The standard InChI is InChI=1S/C14H28N4O.HI/c1-2-18-9-3-5-12(18)11-17-14(15)16-8-7-13-6-4-10-19-13;/h12-13H,2-11H2,1H3,(H3,15,16,17);1H. The minimum atomic E-state index is 0. The molecule has 118 valence electrons. The number of aliphatic imine (C=N–C) groups is 1. The summed E-state index contributed by atoms with van der Waals surface area (Å²) in [6.07, 6.45) is 6.38. The molecular weight excluding hydrogens is 367 g/mol. The van der Waals surface area contributed by atoms with E-state index >= 15 is 0 Å². The Morgan fingerprint density at radius 2 is 2.25 bits per heavy atom. The van der Waals surface area contributed by atoms with Crippen LogP contribution in [0.1, 0.15) is 39.0 Å². The van der Waals surface area contributed by atoms with Gasteiger partial charge in [-0.1, -0.05) is 6.92 Å². The third kappa shape index (κ3) is 5.73. The number of guanidine groups is 1. The van der Waals surface area contributed by atoms with Gasteiger partial charge in [0.15, 0.2) is 5.96 Å². The fourth-order valence-corrected chi connectivity index (χ4v) is 3.01. The van der Waals surface area contributed by atoms with Gasteiger partial charge in [0, 0.05) is 19.2 Å². The van der Waals surface area contributed by atoms with Gasteiger partial charge in [-0.15, -0.1) is 24.0 Å². The predicted octanol–water partition coefficient (Wildman–Crippen LogP) is 1.56. The van der Waals surface area contributed by atoms with Gasteiger partial charge in [0.05, 0.1) is 12.6 Å². The summed E-state index contributed by atoms with van der Waals surface area (Å²) in [4.78, 5) is 6.96. The molecule has 0 bridgehead atoms. The second kappa shape index (κ2) is 9.78. The van der Waals surface area contributed by atoms with Crippen molar-refractivity contribution in [2.75, 3.05) is 32.8 Å². The lowest BCUT2D eigenvalue weighted by Crippen LogP contribution is -2.36. The van der Waals surface area contributed by atoms with Crippen molar-refractivity contribution in [3.05, 3.63) is 0 Å². The van der Waals surface area contributed by atoms with Crippen molar-refractivity contribution in [3.8, 4) is 0 Å². The number of hydrogen-bond donors (Lipinski definition) is 2. The Labute approximate surface area is 139 Å². The zero-order valence-corrected chi connectivity index (χ0v) is 14.8. The van der Waals surface area contributed by atoms with Crippen molar-refractivity contribution in [1.29, 1.82) is 0 Å². The van der Waals surface area contributed by atoms with Gasteiger partial charge >= 0.3 is 0 Å². The number of ether oxygens (including phenoxy) is 1. The van der Waals surface area contributed by atoms with Gasteiger partial charge < -0.3 is 15.8 Å². The molecule has 0 aromatic heterocycles. The molecule has 3 N–H and O–H groups in total. The summed E-state index contributed by atoms with van der Waals surface area (Å²) in [6, 6.07) is 0.587. The molecule has 0 aromatic carbocycles. The second-order valence-electron chi connectivity index (χ2n) is 5.50. The molecule has 6 heteroatoms. The van der Waals surface area contributed by atoms with E-state index in [1.807, 2.05) is 0 Å². The van der Waals surface area contributed by atoms with E-state index < -0.39 is 0 Å². The average Bonchev–Trinajstić information content (AvgIpc) is 3.07. The van der Waals surface area contributed by atoms with Gasteiger partial charge in [-0.2, -0.15) is 0 Å². The SMILES string of the molecule is CCN1CCCC1CN=C(N)NCCC1CCCO1.I. The fourth-order valence-electron chi connectivity index (χ4n) is 3.01. The number of hydrogen-bond acceptors (Lipinski definition) is 3. The molecule has 2 heterocycles. The van der Waals surface area contributed by atoms with E-state index in [4.69, 9.17) is 10.5 Å². The predicted molar refractivity (Wildman–Crippen MR) is 93.8 cm³/mol. The Kier molecular flexibility index (Phi) is 8.79. The van der Waals surface area contributed by atoms with Crippen LogP contribution in [0.3, 0.4) is 0 Å². The zero-order chi connectivity index (χ0) is 13.5. The first kappa shape index (κ1) is 18.0. The highest BCUT2D eigenvalue weighted by atomic mass is 127. The number of likely N-dealkylation sites (N-methyl/N-ethyl adjacent to an activating group) is 1. The highest BCUT2D eigenvalue weighted by Crippen LogP contribution is 2.16. The van der Waals surface area contributed by atoms with Crippen LogP contribution < -0.4 is 11.1 Å². The molecule has 2 aliphatic heterocycles. The first-order chi connectivity index (χ1) is 9.29. The Morgan fingerprint density at radius 1 is 1.40 bits per heavy atom. The molecule has 0 amide bonds. The quantitative estimate of drug-likeness (QED) is 0.407. The molecule has 0 saturated carbocycles. The number of nitrogens with one attached hydrogen (secondary N) is 1. The number of likely N-dealkylation sites (tertiary alicyclic amines) is 1. The first-order valence-corrected chi connectivity index (χ1v) is 7.69. The van der Waals surface area contributed by atoms with Crippen molar-refractivity contribution in [2.45, 2.75) is 51.2 Å². The van der Waals surface area contributed by atoms with Crippen molar-refractivity contribution < 1.29 is 4.74 Å². The molecule has 0 aliphatic carbocycles. The van der Waals surface area contributed by atoms with Gasteiger partial charge in [0.2, 0.25) is 0 Å². The largest absolute Gasteiger partial charge is 0.378 e. The third-order valence-corrected chi connectivity index (χ3v) is 4.17. The summed E-state index contributed by atoms with van der Waals surface area (Å²) in [6.45, 7) is 7.15. The molecule has 20 heavy (non-hydrogen) atoms. The van der Waals surface area contributed by atoms with Crippen molar-refractivity contribution in [1.82, 2.24) is 10.2 Å². The molecule has 2 rings (SSSR count). The Bertz CT molecular complexity index is 295. The lowest BCUT2D eigenvalue weighted by molar-refractivity contribution is 0.105. The molecule has 0 aromatic rings. The minimum absolute atomic E-state index is 0. The van der Waals surface area contributed by atoms with Crippen molar-refractivity contribution >= 4 is 29.9 Å². The van der Waals surface area contributed by atoms with Crippen LogP contribution in [0.15, 0.2) is 4.99 Å². The van der Waals surface area contributed by atoms with Crippen LogP contribution in [0.2, 0.25) is 0 Å². The lowest BCUT2D eigenvalue weighted by Gasteiger charge is -2.21. The molecule has 2 atom stereocenters. The number of halogens is 1. The Balaban J connectivity index is 0.00000200. The molecule has 2 unspecified atom stereocenters. The molecule has 2 saturated heterocycles. The molecular formula is C14H29IN4O. The van der Waals surface area contributed by atoms with Crippen molar-refractivity contribution in [3.63, 3.8) is 0 Å². The summed E-state index contributed by atoms with van der Waals surface area (Å²) in [5, 5.41) is 3.20. The number of nitrogens with two attached hydrogens (primary N) is 1. The number of nitrogens with zero attached hydrogens (tertiary/aromatic N) is 2. The van der Waals surface area contributed by atoms with Crippen LogP contribution in [-0.2, 0) is 4.74 Å². The molecule has 0 spiro atoms. The smallest absolute Gasteiger partial charge is 0.188 e. The van der Waals surface area contributed by atoms with Gasteiger partial charge in [-0.3, -0.25) is 9.89 Å². The molecule has 5 nitrogen and oxygen atoms in total.